The number of nitrogens with zero attached hydrogens (tertiary/aromatic N) is 2. The Bertz CT molecular complexity index is 1240. The van der Waals surface area contributed by atoms with Crippen LogP contribution < -0.4 is 9.04 Å². The second-order valence-electron chi connectivity index (χ2n) is 8.07. The molecule has 0 saturated heterocycles. The number of benzene rings is 3. The van der Waals surface area contributed by atoms with Crippen molar-refractivity contribution in [3.63, 3.8) is 0 Å². The summed E-state index contributed by atoms with van der Waals surface area (Å²) in [5.74, 6) is 0.872. The minimum atomic E-state index is -3.46. The van der Waals surface area contributed by atoms with E-state index in [0.717, 1.165) is 54.7 Å². The van der Waals surface area contributed by atoms with E-state index in [0.29, 0.717) is 11.4 Å². The van der Waals surface area contributed by atoms with Gasteiger partial charge in [0, 0.05) is 31.6 Å². The first-order valence-corrected chi connectivity index (χ1v) is 12.1. The lowest BCUT2D eigenvalue weighted by Crippen LogP contribution is -2.34. The van der Waals surface area contributed by atoms with Crippen LogP contribution in [0.4, 0.5) is 5.69 Å². The lowest BCUT2D eigenvalue weighted by atomic mass is 9.99. The molecule has 0 bridgehead atoms. The predicted molar refractivity (Wildman–Crippen MR) is 125 cm³/mol. The number of anilines is 1. The maximum atomic E-state index is 13.1. The molecule has 2 heterocycles. The Morgan fingerprint density at radius 3 is 2.45 bits per heavy atom. The molecule has 0 N–H and O–H groups in total. The van der Waals surface area contributed by atoms with Gasteiger partial charge in [0.1, 0.15) is 5.75 Å². The minimum absolute atomic E-state index is 0.436. The van der Waals surface area contributed by atoms with Crippen LogP contribution in [0.25, 0.3) is 16.3 Å². The van der Waals surface area contributed by atoms with Crippen LogP contribution in [0.3, 0.4) is 0 Å². The molecule has 3 aromatic carbocycles. The van der Waals surface area contributed by atoms with Crippen LogP contribution in [-0.2, 0) is 10.0 Å². The zero-order chi connectivity index (χ0) is 21.4. The van der Waals surface area contributed by atoms with Crippen LogP contribution in [0.1, 0.15) is 18.4 Å². The molecule has 0 fully saturated rings. The molecule has 0 radical (unpaired) electrons. The van der Waals surface area contributed by atoms with Crippen LogP contribution in [0.2, 0.25) is 0 Å². The standard InChI is InChI=1S/C25H26N2O3S/c1-30-22-11-9-19(10-12-22)20-13-17-26(18-14-20)15-4-16-27-23-7-2-5-21-6-3-8-24(25(21)23)31(27,28)29/h2-3,5-13H,4,14-18H2,1H3. The van der Waals surface area contributed by atoms with Gasteiger partial charge < -0.3 is 4.74 Å². The molecular formula is C25H26N2O3S. The van der Waals surface area contributed by atoms with E-state index in [2.05, 4.69) is 23.1 Å². The summed E-state index contributed by atoms with van der Waals surface area (Å²) in [5, 5.41) is 1.84. The van der Waals surface area contributed by atoms with E-state index in [1.807, 2.05) is 42.5 Å². The molecule has 0 atom stereocenters. The first-order valence-electron chi connectivity index (χ1n) is 10.7. The van der Waals surface area contributed by atoms with Crippen molar-refractivity contribution in [2.24, 2.45) is 0 Å². The average Bonchev–Trinajstić information content (AvgIpc) is 3.03. The average molecular weight is 435 g/mol. The fourth-order valence-corrected chi connectivity index (χ4v) is 6.37. The number of hydrogen-bond acceptors (Lipinski definition) is 4. The molecule has 0 spiro atoms. The summed E-state index contributed by atoms with van der Waals surface area (Å²) in [6.45, 7) is 3.26. The Labute approximate surface area is 183 Å². The van der Waals surface area contributed by atoms with Crippen molar-refractivity contribution < 1.29 is 13.2 Å². The molecule has 2 aliphatic heterocycles. The second kappa shape index (κ2) is 8.02. The quantitative estimate of drug-likeness (QED) is 0.572. The topological polar surface area (TPSA) is 49.9 Å². The third kappa shape index (κ3) is 3.60. The van der Waals surface area contributed by atoms with Gasteiger partial charge in [-0.15, -0.1) is 0 Å². The maximum absolute atomic E-state index is 13.1. The van der Waals surface area contributed by atoms with Crippen LogP contribution in [0, 0.1) is 0 Å². The number of ether oxygens (including phenoxy) is 1. The third-order valence-electron chi connectivity index (χ3n) is 6.27. The number of methoxy groups -OCH3 is 1. The maximum Gasteiger partial charge on any atom is 0.265 e. The molecule has 6 heteroatoms. The summed E-state index contributed by atoms with van der Waals surface area (Å²) in [4.78, 5) is 2.83. The Hall–Kier alpha value is -2.83. The van der Waals surface area contributed by atoms with E-state index >= 15 is 0 Å². The van der Waals surface area contributed by atoms with E-state index in [1.165, 1.54) is 11.1 Å². The van der Waals surface area contributed by atoms with E-state index in [-0.39, 0.29) is 0 Å². The van der Waals surface area contributed by atoms with Crippen molar-refractivity contribution in [3.05, 3.63) is 72.3 Å². The zero-order valence-electron chi connectivity index (χ0n) is 17.6. The molecule has 2 aliphatic rings. The largest absolute Gasteiger partial charge is 0.497 e. The van der Waals surface area contributed by atoms with E-state index < -0.39 is 10.0 Å². The van der Waals surface area contributed by atoms with Crippen LogP contribution in [0.15, 0.2) is 71.6 Å². The first kappa shape index (κ1) is 20.1. The molecule has 0 aromatic heterocycles. The van der Waals surface area contributed by atoms with Gasteiger partial charge in [0.05, 0.1) is 17.7 Å². The van der Waals surface area contributed by atoms with Crippen molar-refractivity contribution in [2.75, 3.05) is 37.6 Å². The normalized spacial score (nSPS) is 17.7. The zero-order valence-corrected chi connectivity index (χ0v) is 18.4. The van der Waals surface area contributed by atoms with Gasteiger partial charge in [-0.05, 0) is 53.6 Å². The Morgan fingerprint density at radius 2 is 1.74 bits per heavy atom. The van der Waals surface area contributed by atoms with Gasteiger partial charge in [0.25, 0.3) is 10.0 Å². The Balaban J connectivity index is 1.22. The minimum Gasteiger partial charge on any atom is -0.497 e. The number of rotatable bonds is 6. The van der Waals surface area contributed by atoms with Crippen molar-refractivity contribution in [1.29, 1.82) is 0 Å². The lowest BCUT2D eigenvalue weighted by Gasteiger charge is -2.27. The molecule has 5 rings (SSSR count). The fourth-order valence-electron chi connectivity index (χ4n) is 4.62. The fraction of sp³-hybridized carbons (Fsp3) is 0.280. The van der Waals surface area contributed by atoms with Crippen molar-refractivity contribution in [1.82, 2.24) is 4.90 Å². The highest BCUT2D eigenvalue weighted by Crippen LogP contribution is 2.41. The Morgan fingerprint density at radius 1 is 0.968 bits per heavy atom. The molecule has 3 aromatic rings. The summed E-state index contributed by atoms with van der Waals surface area (Å²) in [5.41, 5.74) is 3.42. The van der Waals surface area contributed by atoms with Gasteiger partial charge in [0.15, 0.2) is 0 Å². The molecule has 0 unspecified atom stereocenters. The third-order valence-corrected chi connectivity index (χ3v) is 8.13. The summed E-state index contributed by atoms with van der Waals surface area (Å²) in [7, 11) is -1.78. The van der Waals surface area contributed by atoms with E-state index in [1.54, 1.807) is 17.5 Å². The van der Waals surface area contributed by atoms with Gasteiger partial charge in [0.2, 0.25) is 0 Å². The van der Waals surface area contributed by atoms with Crippen molar-refractivity contribution >= 4 is 32.1 Å². The second-order valence-corrected chi connectivity index (χ2v) is 9.90. The van der Waals surface area contributed by atoms with E-state index in [4.69, 9.17) is 4.74 Å². The van der Waals surface area contributed by atoms with Crippen LogP contribution in [-0.4, -0.2) is 46.6 Å². The summed E-state index contributed by atoms with van der Waals surface area (Å²) in [6.07, 6.45) is 4.09. The van der Waals surface area contributed by atoms with Crippen molar-refractivity contribution in [2.45, 2.75) is 17.7 Å². The number of sulfonamides is 1. The summed E-state index contributed by atoms with van der Waals surface area (Å²) in [6, 6.07) is 19.6. The monoisotopic (exact) mass is 434 g/mol. The smallest absolute Gasteiger partial charge is 0.265 e. The molecule has 160 valence electrons. The van der Waals surface area contributed by atoms with Gasteiger partial charge in [-0.1, -0.05) is 42.5 Å². The SMILES string of the molecule is COc1ccc(C2=CCN(CCCN3c4cccc5cccc(c45)S3(=O)=O)CC2)cc1. The molecular weight excluding hydrogens is 408 g/mol. The highest BCUT2D eigenvalue weighted by Gasteiger charge is 2.35. The first-order chi connectivity index (χ1) is 15.1. The predicted octanol–water partition coefficient (Wildman–Crippen LogP) is 4.54. The molecule has 0 amide bonds. The lowest BCUT2D eigenvalue weighted by molar-refractivity contribution is 0.300. The van der Waals surface area contributed by atoms with Gasteiger partial charge >= 0.3 is 0 Å². The summed E-state index contributed by atoms with van der Waals surface area (Å²) >= 11 is 0. The van der Waals surface area contributed by atoms with Crippen molar-refractivity contribution in [3.8, 4) is 5.75 Å². The van der Waals surface area contributed by atoms with Gasteiger partial charge in [-0.25, -0.2) is 8.42 Å². The van der Waals surface area contributed by atoms with Gasteiger partial charge in [-0.2, -0.15) is 0 Å². The van der Waals surface area contributed by atoms with Gasteiger partial charge in [-0.3, -0.25) is 9.21 Å². The molecule has 0 saturated carbocycles. The summed E-state index contributed by atoms with van der Waals surface area (Å²) < 4.78 is 33.0. The Kier molecular flexibility index (Phi) is 5.20. The highest BCUT2D eigenvalue weighted by molar-refractivity contribution is 7.93. The molecule has 5 nitrogen and oxygen atoms in total. The van der Waals surface area contributed by atoms with Crippen LogP contribution >= 0.6 is 0 Å². The highest BCUT2D eigenvalue weighted by atomic mass is 32.2. The molecule has 31 heavy (non-hydrogen) atoms. The van der Waals surface area contributed by atoms with E-state index in [9.17, 15) is 8.42 Å². The van der Waals surface area contributed by atoms with Crippen LogP contribution in [0.5, 0.6) is 5.75 Å². The molecule has 0 aliphatic carbocycles. The number of hydrogen-bond donors (Lipinski definition) is 0.